The first-order chi connectivity index (χ1) is 5.84. The Balaban J connectivity index is 3.35. The maximum Gasteiger partial charge on any atom is 0.162 e. The normalized spacial score (nSPS) is 11.8. The molecule has 0 radical (unpaired) electrons. The van der Waals surface area contributed by atoms with Crippen LogP contribution in [-0.2, 0) is 5.60 Å². The summed E-state index contributed by atoms with van der Waals surface area (Å²) >= 11 is 0. The van der Waals surface area contributed by atoms with Crippen molar-refractivity contribution in [3.05, 3.63) is 34.9 Å². The lowest BCUT2D eigenvalue weighted by Crippen LogP contribution is -2.18. The van der Waals surface area contributed by atoms with E-state index in [1.165, 1.54) is 26.8 Å². The minimum Gasteiger partial charge on any atom is -0.386 e. The summed E-state index contributed by atoms with van der Waals surface area (Å²) in [6.45, 7) is 4.52. The molecule has 0 heterocycles. The molecule has 0 aliphatic carbocycles. The van der Waals surface area contributed by atoms with Gasteiger partial charge in [-0.15, -0.1) is 0 Å². The molecule has 1 aromatic carbocycles. The van der Waals surface area contributed by atoms with E-state index >= 15 is 0 Å². The first-order valence-corrected chi connectivity index (χ1v) is 4.01. The van der Waals surface area contributed by atoms with Crippen LogP contribution in [-0.4, -0.2) is 5.11 Å². The second kappa shape index (κ2) is 3.07. The quantitative estimate of drug-likeness (QED) is 0.714. The molecule has 0 aliphatic rings. The molecule has 0 unspecified atom stereocenters. The van der Waals surface area contributed by atoms with Crippen molar-refractivity contribution in [1.82, 2.24) is 0 Å². The molecular weight excluding hydrogens is 174 g/mol. The van der Waals surface area contributed by atoms with Crippen LogP contribution in [0, 0.1) is 18.6 Å². The van der Waals surface area contributed by atoms with Gasteiger partial charge >= 0.3 is 0 Å². The van der Waals surface area contributed by atoms with Gasteiger partial charge in [0.25, 0.3) is 0 Å². The van der Waals surface area contributed by atoms with Gasteiger partial charge in [0.2, 0.25) is 0 Å². The van der Waals surface area contributed by atoms with Crippen LogP contribution >= 0.6 is 0 Å². The molecular formula is C10H12F2O. The Bertz CT molecular complexity index is 326. The smallest absolute Gasteiger partial charge is 0.162 e. The molecule has 0 aliphatic heterocycles. The van der Waals surface area contributed by atoms with Crippen LogP contribution in [0.5, 0.6) is 0 Å². The monoisotopic (exact) mass is 186 g/mol. The van der Waals surface area contributed by atoms with Crippen LogP contribution < -0.4 is 0 Å². The topological polar surface area (TPSA) is 20.2 Å². The second-order valence-corrected chi connectivity index (χ2v) is 3.59. The number of hydrogen-bond donors (Lipinski definition) is 1. The van der Waals surface area contributed by atoms with E-state index in [2.05, 4.69) is 0 Å². The van der Waals surface area contributed by atoms with Gasteiger partial charge < -0.3 is 5.11 Å². The summed E-state index contributed by atoms with van der Waals surface area (Å²) in [6, 6.07) is 2.42. The fourth-order valence-electron chi connectivity index (χ4n) is 1.31. The van der Waals surface area contributed by atoms with Crippen LogP contribution in [0.25, 0.3) is 0 Å². The van der Waals surface area contributed by atoms with E-state index in [1.54, 1.807) is 0 Å². The first kappa shape index (κ1) is 10.1. The standard InChI is InChI=1S/C10H12F2O/c1-6-7(10(2,3)13)4-5-8(11)9(6)12/h4-5,13H,1-3H3. The van der Waals surface area contributed by atoms with Crippen molar-refractivity contribution < 1.29 is 13.9 Å². The van der Waals surface area contributed by atoms with Gasteiger partial charge in [0.15, 0.2) is 11.6 Å². The molecule has 3 heteroatoms. The minimum atomic E-state index is -1.14. The maximum atomic E-state index is 13.0. The summed E-state index contributed by atoms with van der Waals surface area (Å²) in [4.78, 5) is 0. The van der Waals surface area contributed by atoms with Gasteiger partial charge in [0.05, 0.1) is 5.60 Å². The van der Waals surface area contributed by atoms with Crippen molar-refractivity contribution in [2.24, 2.45) is 0 Å². The molecule has 0 spiro atoms. The lowest BCUT2D eigenvalue weighted by molar-refractivity contribution is 0.0773. The van der Waals surface area contributed by atoms with Crippen molar-refractivity contribution in [3.63, 3.8) is 0 Å². The van der Waals surface area contributed by atoms with E-state index in [0.29, 0.717) is 5.56 Å². The predicted molar refractivity (Wildman–Crippen MR) is 46.3 cm³/mol. The molecule has 0 atom stereocenters. The van der Waals surface area contributed by atoms with Crippen molar-refractivity contribution in [2.45, 2.75) is 26.4 Å². The van der Waals surface area contributed by atoms with Crippen LogP contribution in [0.15, 0.2) is 12.1 Å². The highest BCUT2D eigenvalue weighted by molar-refractivity contribution is 5.32. The summed E-state index contributed by atoms with van der Waals surface area (Å²) < 4.78 is 25.7. The lowest BCUT2D eigenvalue weighted by Gasteiger charge is -2.20. The van der Waals surface area contributed by atoms with Crippen LogP contribution in [0.4, 0.5) is 8.78 Å². The van der Waals surface area contributed by atoms with Crippen LogP contribution in [0.1, 0.15) is 25.0 Å². The highest BCUT2D eigenvalue weighted by Gasteiger charge is 2.21. The molecule has 0 amide bonds. The largest absolute Gasteiger partial charge is 0.386 e. The fraction of sp³-hybridized carbons (Fsp3) is 0.400. The van der Waals surface area contributed by atoms with Gasteiger partial charge in [-0.25, -0.2) is 8.78 Å². The number of hydrogen-bond acceptors (Lipinski definition) is 1. The number of halogens is 2. The average Bonchev–Trinajstić information content (AvgIpc) is 1.98. The zero-order chi connectivity index (χ0) is 10.2. The highest BCUT2D eigenvalue weighted by Crippen LogP contribution is 2.25. The van der Waals surface area contributed by atoms with Gasteiger partial charge in [-0.3, -0.25) is 0 Å². The zero-order valence-corrected chi connectivity index (χ0v) is 7.86. The molecule has 72 valence electrons. The van der Waals surface area contributed by atoms with E-state index in [1.807, 2.05) is 0 Å². The Hall–Kier alpha value is -0.960. The van der Waals surface area contributed by atoms with Crippen molar-refractivity contribution in [2.75, 3.05) is 0 Å². The molecule has 1 nitrogen and oxygen atoms in total. The molecule has 0 saturated heterocycles. The number of rotatable bonds is 1. The van der Waals surface area contributed by atoms with Gasteiger partial charge in [-0.05, 0) is 38.0 Å². The molecule has 1 aromatic rings. The molecule has 0 bridgehead atoms. The molecule has 0 aromatic heterocycles. The Morgan fingerprint density at radius 2 is 1.77 bits per heavy atom. The molecule has 13 heavy (non-hydrogen) atoms. The minimum absolute atomic E-state index is 0.160. The Morgan fingerprint density at radius 3 is 2.23 bits per heavy atom. The second-order valence-electron chi connectivity index (χ2n) is 3.59. The third kappa shape index (κ3) is 1.86. The zero-order valence-electron chi connectivity index (χ0n) is 7.86. The molecule has 0 fully saturated rings. The van der Waals surface area contributed by atoms with E-state index in [-0.39, 0.29) is 5.56 Å². The summed E-state index contributed by atoms with van der Waals surface area (Å²) in [5, 5.41) is 9.60. The Morgan fingerprint density at radius 1 is 1.23 bits per heavy atom. The summed E-state index contributed by atoms with van der Waals surface area (Å²) in [5.41, 5.74) is -0.572. The van der Waals surface area contributed by atoms with E-state index in [0.717, 1.165) is 6.07 Å². The average molecular weight is 186 g/mol. The van der Waals surface area contributed by atoms with Crippen molar-refractivity contribution in [3.8, 4) is 0 Å². The summed E-state index contributed by atoms with van der Waals surface area (Å²) in [5.74, 6) is -1.77. The van der Waals surface area contributed by atoms with Crippen molar-refractivity contribution in [1.29, 1.82) is 0 Å². The van der Waals surface area contributed by atoms with Gasteiger partial charge in [-0.1, -0.05) is 6.07 Å². The predicted octanol–water partition coefficient (Wildman–Crippen LogP) is 2.50. The van der Waals surface area contributed by atoms with Gasteiger partial charge in [0, 0.05) is 0 Å². The molecule has 1 rings (SSSR count). The number of aliphatic hydroxyl groups is 1. The Kier molecular flexibility index (Phi) is 2.39. The van der Waals surface area contributed by atoms with Crippen LogP contribution in [0.2, 0.25) is 0 Å². The highest BCUT2D eigenvalue weighted by atomic mass is 19.2. The number of benzene rings is 1. The summed E-state index contributed by atoms with van der Waals surface area (Å²) in [7, 11) is 0. The molecule has 0 saturated carbocycles. The summed E-state index contributed by atoms with van der Waals surface area (Å²) in [6.07, 6.45) is 0. The third-order valence-electron chi connectivity index (χ3n) is 2.00. The lowest BCUT2D eigenvalue weighted by atomic mass is 9.93. The van der Waals surface area contributed by atoms with E-state index in [9.17, 15) is 13.9 Å². The first-order valence-electron chi connectivity index (χ1n) is 4.01. The maximum absolute atomic E-state index is 13.0. The fourth-order valence-corrected chi connectivity index (χ4v) is 1.31. The van der Waals surface area contributed by atoms with E-state index < -0.39 is 17.2 Å². The SMILES string of the molecule is Cc1c(C(C)(C)O)ccc(F)c1F. The van der Waals surface area contributed by atoms with Gasteiger partial charge in [0.1, 0.15) is 0 Å². The van der Waals surface area contributed by atoms with Crippen LogP contribution in [0.3, 0.4) is 0 Å². The molecule has 1 N–H and O–H groups in total. The van der Waals surface area contributed by atoms with Gasteiger partial charge in [-0.2, -0.15) is 0 Å². The van der Waals surface area contributed by atoms with Crippen molar-refractivity contribution >= 4 is 0 Å². The third-order valence-corrected chi connectivity index (χ3v) is 2.00. The van der Waals surface area contributed by atoms with E-state index in [4.69, 9.17) is 0 Å². The Labute approximate surface area is 76.0 Å².